The highest BCUT2D eigenvalue weighted by Crippen LogP contribution is 2.05. The third-order valence-electron chi connectivity index (χ3n) is 1.81. The maximum absolute atomic E-state index is 11.3. The molecular weight excluding hydrogens is 216 g/mol. The smallest absolute Gasteiger partial charge is 0.601 e. The van der Waals surface area contributed by atoms with Crippen LogP contribution in [0.4, 0.5) is 10.5 Å². The molecule has 5 heteroatoms. The van der Waals surface area contributed by atoms with Gasteiger partial charge in [-0.15, -0.1) is 0 Å². The Labute approximate surface area is 95.9 Å². The molecular formula is C10H15ClN2O2. The summed E-state index contributed by atoms with van der Waals surface area (Å²) in [7, 11) is 3.90. The van der Waals surface area contributed by atoms with Crippen molar-refractivity contribution in [2.24, 2.45) is 0 Å². The predicted octanol–water partition coefficient (Wildman–Crippen LogP) is -1.95. The third kappa shape index (κ3) is 3.75. The fourth-order valence-electron chi connectivity index (χ4n) is 1.04. The zero-order valence-electron chi connectivity index (χ0n) is 9.11. The number of rotatable bonds is 2. The Balaban J connectivity index is 0.00000196. The molecule has 0 saturated heterocycles. The van der Waals surface area contributed by atoms with Gasteiger partial charge in [0.25, 0.3) is 0 Å². The van der Waals surface area contributed by atoms with Crippen molar-refractivity contribution in [1.29, 1.82) is 0 Å². The summed E-state index contributed by atoms with van der Waals surface area (Å²) in [6, 6.07) is 3.72. The van der Waals surface area contributed by atoms with E-state index in [1.54, 1.807) is 19.3 Å². The molecule has 1 heterocycles. The van der Waals surface area contributed by atoms with Crippen molar-refractivity contribution >= 4 is 11.8 Å². The monoisotopic (exact) mass is 230 g/mol. The SMILES string of the molecule is CCOC(=O)[n+]1ccc(N(C)C)cc1.[Cl-]. The van der Waals surface area contributed by atoms with Gasteiger partial charge >= 0.3 is 6.09 Å². The van der Waals surface area contributed by atoms with Crippen LogP contribution in [-0.4, -0.2) is 26.8 Å². The topological polar surface area (TPSA) is 33.4 Å². The zero-order valence-corrected chi connectivity index (χ0v) is 9.86. The minimum absolute atomic E-state index is 0. The highest BCUT2D eigenvalue weighted by Gasteiger charge is 2.14. The van der Waals surface area contributed by atoms with E-state index in [-0.39, 0.29) is 18.5 Å². The first kappa shape index (κ1) is 13.7. The van der Waals surface area contributed by atoms with E-state index in [1.165, 1.54) is 4.57 Å². The summed E-state index contributed by atoms with van der Waals surface area (Å²) in [5.41, 5.74) is 1.05. The summed E-state index contributed by atoms with van der Waals surface area (Å²) < 4.78 is 6.25. The summed E-state index contributed by atoms with van der Waals surface area (Å²) in [5.74, 6) is 0. The molecule has 0 aliphatic carbocycles. The van der Waals surface area contributed by atoms with Crippen molar-refractivity contribution in [3.05, 3.63) is 24.5 Å². The van der Waals surface area contributed by atoms with Crippen molar-refractivity contribution in [2.75, 3.05) is 25.6 Å². The van der Waals surface area contributed by atoms with Gasteiger partial charge in [-0.05, 0) is 6.92 Å². The highest BCUT2D eigenvalue weighted by atomic mass is 35.5. The number of anilines is 1. The van der Waals surface area contributed by atoms with Gasteiger partial charge in [0.1, 0.15) is 0 Å². The van der Waals surface area contributed by atoms with E-state index in [4.69, 9.17) is 4.74 Å². The van der Waals surface area contributed by atoms with Crippen LogP contribution >= 0.6 is 0 Å². The molecule has 84 valence electrons. The van der Waals surface area contributed by atoms with E-state index in [2.05, 4.69) is 0 Å². The van der Waals surface area contributed by atoms with Gasteiger partial charge in [0.05, 0.1) is 6.61 Å². The third-order valence-corrected chi connectivity index (χ3v) is 1.81. The Morgan fingerprint density at radius 3 is 2.33 bits per heavy atom. The highest BCUT2D eigenvalue weighted by molar-refractivity contribution is 5.57. The minimum atomic E-state index is -0.349. The van der Waals surface area contributed by atoms with Crippen LogP contribution < -0.4 is 21.9 Å². The molecule has 0 bridgehead atoms. The van der Waals surface area contributed by atoms with Gasteiger partial charge in [-0.25, -0.2) is 0 Å². The average molecular weight is 231 g/mol. The Hall–Kier alpha value is -1.29. The summed E-state index contributed by atoms with van der Waals surface area (Å²) in [5, 5.41) is 0. The van der Waals surface area contributed by atoms with Crippen LogP contribution in [0.5, 0.6) is 0 Å². The normalized spacial score (nSPS) is 9.00. The molecule has 0 aliphatic heterocycles. The van der Waals surface area contributed by atoms with E-state index in [9.17, 15) is 4.79 Å². The van der Waals surface area contributed by atoms with E-state index in [1.807, 2.05) is 31.1 Å². The zero-order chi connectivity index (χ0) is 10.6. The van der Waals surface area contributed by atoms with Crippen molar-refractivity contribution in [3.8, 4) is 0 Å². The van der Waals surface area contributed by atoms with E-state index >= 15 is 0 Å². The molecule has 1 aromatic rings. The van der Waals surface area contributed by atoms with Crippen molar-refractivity contribution < 1.29 is 26.5 Å². The molecule has 0 aliphatic rings. The number of aromatic nitrogens is 1. The number of carbonyl (C=O) groups is 1. The second-order valence-electron chi connectivity index (χ2n) is 3.06. The Bertz CT molecular complexity index is 312. The van der Waals surface area contributed by atoms with Gasteiger partial charge in [-0.3, -0.25) is 0 Å². The molecule has 0 fully saturated rings. The molecule has 0 amide bonds. The summed E-state index contributed by atoms with van der Waals surface area (Å²) in [6.45, 7) is 2.17. The van der Waals surface area contributed by atoms with Crippen LogP contribution in [0.2, 0.25) is 0 Å². The number of halogens is 1. The minimum Gasteiger partial charge on any atom is -1.00 e. The molecule has 0 atom stereocenters. The number of carbonyl (C=O) groups excluding carboxylic acids is 1. The van der Waals surface area contributed by atoms with Gasteiger partial charge in [-0.2, -0.15) is 4.79 Å². The van der Waals surface area contributed by atoms with Crippen molar-refractivity contribution in [2.45, 2.75) is 6.92 Å². The number of nitrogens with zero attached hydrogens (tertiary/aromatic N) is 2. The first-order valence-electron chi connectivity index (χ1n) is 4.51. The van der Waals surface area contributed by atoms with Gasteiger partial charge in [0, 0.05) is 31.9 Å². The van der Waals surface area contributed by atoms with Crippen LogP contribution in [-0.2, 0) is 4.74 Å². The second-order valence-corrected chi connectivity index (χ2v) is 3.06. The van der Waals surface area contributed by atoms with E-state index < -0.39 is 0 Å². The fraction of sp³-hybridized carbons (Fsp3) is 0.400. The van der Waals surface area contributed by atoms with Gasteiger partial charge in [0.2, 0.25) is 0 Å². The maximum atomic E-state index is 11.3. The molecule has 0 aromatic carbocycles. The van der Waals surface area contributed by atoms with Crippen LogP contribution in [0.25, 0.3) is 0 Å². The molecule has 1 aromatic heterocycles. The Morgan fingerprint density at radius 2 is 1.93 bits per heavy atom. The lowest BCUT2D eigenvalue weighted by Crippen LogP contribution is -3.00. The lowest BCUT2D eigenvalue weighted by molar-refractivity contribution is -0.585. The van der Waals surface area contributed by atoms with Crippen molar-refractivity contribution in [3.63, 3.8) is 0 Å². The average Bonchev–Trinajstić information content (AvgIpc) is 2.18. The van der Waals surface area contributed by atoms with Crippen LogP contribution in [0.3, 0.4) is 0 Å². The lowest BCUT2D eigenvalue weighted by atomic mass is 10.4. The summed E-state index contributed by atoms with van der Waals surface area (Å²) in [4.78, 5) is 13.2. The quantitative estimate of drug-likeness (QED) is 0.554. The van der Waals surface area contributed by atoms with Crippen molar-refractivity contribution in [1.82, 2.24) is 0 Å². The first-order chi connectivity index (χ1) is 6.65. The largest absolute Gasteiger partial charge is 1.00 e. The number of hydrogen-bond acceptors (Lipinski definition) is 3. The standard InChI is InChI=1S/C10H15N2O2.ClH/c1-4-14-10(13)12-7-5-9(6-8-12)11(2)3;/h5-8H,4H2,1-3H3;1H/q+1;/p-1. The van der Waals surface area contributed by atoms with Gasteiger partial charge < -0.3 is 22.0 Å². The first-order valence-corrected chi connectivity index (χ1v) is 4.51. The maximum Gasteiger partial charge on any atom is 0.601 e. The number of hydrogen-bond donors (Lipinski definition) is 0. The molecule has 0 spiro atoms. The molecule has 0 saturated carbocycles. The van der Waals surface area contributed by atoms with Crippen LogP contribution in [0.15, 0.2) is 24.5 Å². The molecule has 0 N–H and O–H groups in total. The van der Waals surface area contributed by atoms with Crippen LogP contribution in [0.1, 0.15) is 6.92 Å². The molecule has 0 unspecified atom stereocenters. The lowest BCUT2D eigenvalue weighted by Gasteiger charge is -2.09. The molecule has 4 nitrogen and oxygen atoms in total. The van der Waals surface area contributed by atoms with Crippen LogP contribution in [0, 0.1) is 0 Å². The number of ether oxygens (including phenoxy) is 1. The summed E-state index contributed by atoms with van der Waals surface area (Å²) in [6.07, 6.45) is 3.03. The predicted molar refractivity (Wildman–Crippen MR) is 53.4 cm³/mol. The fourth-order valence-corrected chi connectivity index (χ4v) is 1.04. The Kier molecular flexibility index (Phi) is 5.70. The van der Waals surface area contributed by atoms with E-state index in [0.29, 0.717) is 6.61 Å². The van der Waals surface area contributed by atoms with Gasteiger partial charge in [-0.1, -0.05) is 4.57 Å². The molecule has 1 rings (SSSR count). The van der Waals surface area contributed by atoms with Gasteiger partial charge in [0.15, 0.2) is 12.4 Å². The number of pyridine rings is 1. The Morgan fingerprint density at radius 1 is 1.40 bits per heavy atom. The molecule has 0 radical (unpaired) electrons. The van der Waals surface area contributed by atoms with E-state index in [0.717, 1.165) is 5.69 Å². The second kappa shape index (κ2) is 6.24. The molecule has 15 heavy (non-hydrogen) atoms. The summed E-state index contributed by atoms with van der Waals surface area (Å²) >= 11 is 0.